The van der Waals surface area contributed by atoms with Crippen LogP contribution >= 0.6 is 0 Å². The third-order valence-corrected chi connectivity index (χ3v) is 7.52. The molecule has 0 amide bonds. The van der Waals surface area contributed by atoms with Crippen molar-refractivity contribution in [3.8, 4) is 0 Å². The van der Waals surface area contributed by atoms with Crippen molar-refractivity contribution in [3.63, 3.8) is 0 Å². The third kappa shape index (κ3) is 5.82. The molecule has 11 heteroatoms. The number of benzene rings is 2. The zero-order chi connectivity index (χ0) is 27.8. The molecule has 2 N–H and O–H groups in total. The number of anilines is 2. The van der Waals surface area contributed by atoms with Crippen molar-refractivity contribution < 1.29 is 35.9 Å². The average molecular weight is 542 g/mol. The maximum Gasteiger partial charge on any atom is 0.458 e. The van der Waals surface area contributed by atoms with Crippen LogP contribution < -0.4 is 15.5 Å². The zero-order valence-corrected chi connectivity index (χ0v) is 21.0. The zero-order valence-electron chi connectivity index (χ0n) is 21.0. The Morgan fingerprint density at radius 3 is 2.37 bits per heavy atom. The number of aryl methyl sites for hydroxylation is 2. The van der Waals surface area contributed by atoms with Gasteiger partial charge in [0, 0.05) is 50.0 Å². The van der Waals surface area contributed by atoms with E-state index in [9.17, 15) is 35.9 Å². The maximum absolute atomic E-state index is 11.2. The number of carbonyl (C=O) groups is 2. The summed E-state index contributed by atoms with van der Waals surface area (Å²) in [5, 5.41) is 7.37. The van der Waals surface area contributed by atoms with Gasteiger partial charge in [-0.3, -0.25) is 9.59 Å². The van der Waals surface area contributed by atoms with Gasteiger partial charge in [0.1, 0.15) is 0 Å². The third-order valence-electron chi connectivity index (χ3n) is 7.52. The number of fused-ring (bicyclic) bond motifs is 2. The first-order valence-corrected chi connectivity index (χ1v) is 12.4. The normalized spacial score (nSPS) is 20.2. The van der Waals surface area contributed by atoms with E-state index in [2.05, 4.69) is 59.7 Å². The maximum atomic E-state index is 11.2. The van der Waals surface area contributed by atoms with Crippen LogP contribution in [0.4, 0.5) is 37.7 Å². The van der Waals surface area contributed by atoms with Crippen molar-refractivity contribution in [1.82, 2.24) is 5.32 Å². The van der Waals surface area contributed by atoms with Crippen molar-refractivity contribution in [2.24, 2.45) is 5.92 Å². The minimum Gasteiger partial charge on any atom is -0.381 e. The van der Waals surface area contributed by atoms with Gasteiger partial charge in [0.2, 0.25) is 0 Å². The van der Waals surface area contributed by atoms with E-state index in [0.29, 0.717) is 5.92 Å². The summed E-state index contributed by atoms with van der Waals surface area (Å²) < 4.78 is 67.0. The molecule has 3 aliphatic rings. The van der Waals surface area contributed by atoms with Crippen LogP contribution in [0.2, 0.25) is 0 Å². The highest BCUT2D eigenvalue weighted by atomic mass is 19.4. The molecular formula is C27H29F6N3O2. The first-order chi connectivity index (χ1) is 17.8. The number of hydrogen-bond acceptors (Lipinski definition) is 5. The van der Waals surface area contributed by atoms with Crippen molar-refractivity contribution >= 4 is 22.9 Å². The Morgan fingerprint density at radius 2 is 1.71 bits per heavy atom. The van der Waals surface area contributed by atoms with Crippen molar-refractivity contribution in [2.75, 3.05) is 36.4 Å². The highest BCUT2D eigenvalue weighted by Crippen LogP contribution is 2.45. The fourth-order valence-corrected chi connectivity index (χ4v) is 5.46. The lowest BCUT2D eigenvalue weighted by Crippen LogP contribution is -2.41. The van der Waals surface area contributed by atoms with Gasteiger partial charge < -0.3 is 15.5 Å². The van der Waals surface area contributed by atoms with E-state index in [4.69, 9.17) is 0 Å². The van der Waals surface area contributed by atoms with Crippen LogP contribution in [0.5, 0.6) is 0 Å². The Kier molecular flexibility index (Phi) is 7.79. The number of halogens is 6. The Hall–Kier alpha value is -3.08. The van der Waals surface area contributed by atoms with Crippen molar-refractivity contribution in [1.29, 1.82) is 0 Å². The van der Waals surface area contributed by atoms with Crippen LogP contribution in [-0.2, 0) is 22.6 Å². The molecule has 0 aromatic heterocycles. The fourth-order valence-electron chi connectivity index (χ4n) is 5.46. The Morgan fingerprint density at radius 1 is 1.03 bits per heavy atom. The molecule has 2 aromatic rings. The van der Waals surface area contributed by atoms with Crippen LogP contribution in [0.1, 0.15) is 40.2 Å². The number of nitrogens with one attached hydrogen (secondary N) is 2. The van der Waals surface area contributed by atoms with Crippen LogP contribution in [-0.4, -0.2) is 50.1 Å². The van der Waals surface area contributed by atoms with E-state index in [-0.39, 0.29) is 0 Å². The van der Waals surface area contributed by atoms with Gasteiger partial charge in [0.05, 0.1) is 0 Å². The van der Waals surface area contributed by atoms with Gasteiger partial charge in [-0.05, 0) is 72.6 Å². The first-order valence-electron chi connectivity index (χ1n) is 12.4. The number of ketones is 2. The van der Waals surface area contributed by atoms with Crippen molar-refractivity contribution in [3.05, 3.63) is 58.1 Å². The standard InChI is InChI=1S/C23H29N3.C4F6O2/c1-15-5-3-6-18(16(15)2)12-25-20-9-17-7-4-8-26-14-19-11-24-13-22(19)21(10-20)23(17)26;5-3(6,7)1(11)2(12)4(8,9)10/h3,5-6,9-10,19,22,24-25H,4,7-8,11-14H2,1-2H3;/t19-,22-;/m1./s1. The van der Waals surface area contributed by atoms with Crippen LogP contribution in [0, 0.1) is 19.8 Å². The van der Waals surface area contributed by atoms with Gasteiger partial charge in [-0.15, -0.1) is 0 Å². The van der Waals surface area contributed by atoms with Gasteiger partial charge in [-0.2, -0.15) is 26.3 Å². The number of rotatable bonds is 4. The van der Waals surface area contributed by atoms with Gasteiger partial charge in [0.15, 0.2) is 0 Å². The largest absolute Gasteiger partial charge is 0.458 e. The smallest absolute Gasteiger partial charge is 0.381 e. The molecule has 0 saturated carbocycles. The predicted octanol–water partition coefficient (Wildman–Crippen LogP) is 5.23. The molecule has 0 spiro atoms. The summed E-state index contributed by atoms with van der Waals surface area (Å²) in [5.74, 6) is -5.34. The number of carbonyl (C=O) groups excluding carboxylic acids is 2. The summed E-state index contributed by atoms with van der Waals surface area (Å²) in [7, 11) is 0. The molecule has 3 heterocycles. The molecule has 2 aromatic carbocycles. The minimum absolute atomic E-state index is 0.695. The molecule has 2 atom stereocenters. The van der Waals surface area contributed by atoms with Gasteiger partial charge in [0.25, 0.3) is 0 Å². The Balaban J connectivity index is 0.000000240. The number of alkyl halides is 6. The second-order valence-corrected chi connectivity index (χ2v) is 10.0. The molecule has 1 saturated heterocycles. The second kappa shape index (κ2) is 10.6. The second-order valence-electron chi connectivity index (χ2n) is 10.0. The van der Waals surface area contributed by atoms with E-state index < -0.39 is 23.9 Å². The summed E-state index contributed by atoms with van der Waals surface area (Å²) in [4.78, 5) is 21.9. The number of hydrogen-bond donors (Lipinski definition) is 2. The molecule has 5 rings (SSSR count). The van der Waals surface area contributed by atoms with Gasteiger partial charge in [-0.25, -0.2) is 0 Å². The molecular weight excluding hydrogens is 512 g/mol. The molecule has 0 bridgehead atoms. The lowest BCUT2D eigenvalue weighted by Gasteiger charge is -2.42. The van der Waals surface area contributed by atoms with Crippen LogP contribution in [0.15, 0.2) is 30.3 Å². The highest BCUT2D eigenvalue weighted by molar-refractivity contribution is 6.41. The fraction of sp³-hybridized carbons (Fsp3) is 0.481. The SMILES string of the molecule is Cc1cccc(CNc2cc3c4c(c2)[C@@H]2CNC[C@@H]2CN4CCC3)c1C.O=C(C(=O)C(F)(F)F)C(F)(F)F. The summed E-state index contributed by atoms with van der Waals surface area (Å²) in [6.45, 7) is 10.1. The van der Waals surface area contributed by atoms with Crippen LogP contribution in [0.3, 0.4) is 0 Å². The summed E-state index contributed by atoms with van der Waals surface area (Å²) in [6.07, 6.45) is -9.03. The number of nitrogens with zero attached hydrogens (tertiary/aromatic N) is 1. The van der Waals surface area contributed by atoms with E-state index in [1.807, 2.05) is 0 Å². The molecule has 0 radical (unpaired) electrons. The average Bonchev–Trinajstić information content (AvgIpc) is 3.32. The molecule has 3 aliphatic heterocycles. The monoisotopic (exact) mass is 541 g/mol. The van der Waals surface area contributed by atoms with E-state index in [1.54, 1.807) is 16.8 Å². The topological polar surface area (TPSA) is 61.4 Å². The summed E-state index contributed by atoms with van der Waals surface area (Å²) in [5.41, 5.74) is 10.2. The molecule has 206 valence electrons. The summed E-state index contributed by atoms with van der Waals surface area (Å²) in [6, 6.07) is 11.5. The lowest BCUT2D eigenvalue weighted by molar-refractivity contribution is -0.193. The Bertz CT molecular complexity index is 1200. The van der Waals surface area contributed by atoms with E-state index in [1.165, 1.54) is 54.9 Å². The van der Waals surface area contributed by atoms with Gasteiger partial charge in [-0.1, -0.05) is 18.2 Å². The number of Topliss-reactive ketones (excluding diaryl/α,β-unsaturated/α-hetero) is 2. The van der Waals surface area contributed by atoms with E-state index >= 15 is 0 Å². The van der Waals surface area contributed by atoms with Crippen molar-refractivity contribution in [2.45, 2.75) is 51.5 Å². The Labute approximate surface area is 216 Å². The molecule has 1 fully saturated rings. The molecule has 38 heavy (non-hydrogen) atoms. The lowest BCUT2D eigenvalue weighted by atomic mass is 9.80. The minimum atomic E-state index is -5.77. The highest BCUT2D eigenvalue weighted by Gasteiger charge is 2.54. The quantitative estimate of drug-likeness (QED) is 0.410. The van der Waals surface area contributed by atoms with Crippen LogP contribution in [0.25, 0.3) is 0 Å². The van der Waals surface area contributed by atoms with E-state index in [0.717, 1.165) is 19.0 Å². The summed E-state index contributed by atoms with van der Waals surface area (Å²) >= 11 is 0. The molecule has 0 aliphatic carbocycles. The predicted molar refractivity (Wildman–Crippen MR) is 131 cm³/mol. The van der Waals surface area contributed by atoms with Gasteiger partial charge >= 0.3 is 23.9 Å². The molecule has 0 unspecified atom stereocenters. The molecule has 5 nitrogen and oxygen atoms in total. The first kappa shape index (κ1) is 27.9.